The summed E-state index contributed by atoms with van der Waals surface area (Å²) in [5, 5.41) is 10.5. The van der Waals surface area contributed by atoms with Crippen molar-refractivity contribution in [2.75, 3.05) is 0 Å². The van der Waals surface area contributed by atoms with Gasteiger partial charge in [0.1, 0.15) is 0 Å². The Morgan fingerprint density at radius 2 is 2.41 bits per heavy atom. The van der Waals surface area contributed by atoms with E-state index in [1.807, 2.05) is 11.4 Å². The van der Waals surface area contributed by atoms with Gasteiger partial charge in [-0.3, -0.25) is 0 Å². The molecule has 1 aromatic heterocycles. The summed E-state index contributed by atoms with van der Waals surface area (Å²) >= 11 is 1.59. The monoisotopic (exact) mass is 254 g/mol. The zero-order chi connectivity index (χ0) is 12.7. The number of ether oxygens (including phenoxy) is 1. The van der Waals surface area contributed by atoms with Crippen LogP contribution in [0.1, 0.15) is 37.1 Å². The number of aliphatic carboxylic acids is 1. The fourth-order valence-corrected chi connectivity index (χ4v) is 2.27. The van der Waals surface area contributed by atoms with E-state index in [-0.39, 0.29) is 6.10 Å². The minimum Gasteiger partial charge on any atom is -0.478 e. The summed E-state index contributed by atoms with van der Waals surface area (Å²) in [4.78, 5) is 11.5. The van der Waals surface area contributed by atoms with Crippen LogP contribution in [0.25, 0.3) is 6.08 Å². The van der Waals surface area contributed by atoms with Crippen molar-refractivity contribution in [1.29, 1.82) is 0 Å². The molecule has 0 aliphatic rings. The smallest absolute Gasteiger partial charge is 0.328 e. The highest BCUT2D eigenvalue weighted by Gasteiger charge is 2.05. The maximum Gasteiger partial charge on any atom is 0.328 e. The van der Waals surface area contributed by atoms with E-state index in [1.54, 1.807) is 17.4 Å². The number of thiophene rings is 1. The van der Waals surface area contributed by atoms with E-state index in [0.717, 1.165) is 29.4 Å². The molecule has 1 unspecified atom stereocenters. The summed E-state index contributed by atoms with van der Waals surface area (Å²) in [5.41, 5.74) is 0.932. The van der Waals surface area contributed by atoms with Crippen molar-refractivity contribution >= 4 is 23.4 Å². The summed E-state index contributed by atoms with van der Waals surface area (Å²) < 4.78 is 5.70. The van der Waals surface area contributed by atoms with Crippen LogP contribution in [0.4, 0.5) is 0 Å². The van der Waals surface area contributed by atoms with E-state index in [2.05, 4.69) is 13.8 Å². The van der Waals surface area contributed by atoms with Gasteiger partial charge >= 0.3 is 5.97 Å². The van der Waals surface area contributed by atoms with E-state index in [1.165, 1.54) is 0 Å². The van der Waals surface area contributed by atoms with Crippen LogP contribution in [0.5, 0.6) is 0 Å². The van der Waals surface area contributed by atoms with Crippen LogP contribution in [0, 0.1) is 0 Å². The Labute approximate surface area is 106 Å². The average molecular weight is 254 g/mol. The molecule has 4 heteroatoms. The normalized spacial score (nSPS) is 13.1. The number of hydrogen-bond acceptors (Lipinski definition) is 3. The molecule has 0 fully saturated rings. The van der Waals surface area contributed by atoms with Gasteiger partial charge in [-0.1, -0.05) is 13.3 Å². The second-order valence-electron chi connectivity index (χ2n) is 3.88. The molecule has 3 nitrogen and oxygen atoms in total. The van der Waals surface area contributed by atoms with Gasteiger partial charge in [-0.2, -0.15) is 0 Å². The summed E-state index contributed by atoms with van der Waals surface area (Å²) in [5.74, 6) is -0.928. The first kappa shape index (κ1) is 13.9. The molecule has 0 bridgehead atoms. The molecular formula is C13H18O3S. The highest BCUT2D eigenvalue weighted by Crippen LogP contribution is 2.20. The van der Waals surface area contributed by atoms with Crippen LogP contribution in [0.2, 0.25) is 0 Å². The SMILES string of the molecule is CCCC(C)OCc1sccc1/C=C/C(=O)O. The Kier molecular flexibility index (Phi) is 5.94. The second kappa shape index (κ2) is 7.25. The van der Waals surface area contributed by atoms with Crippen LogP contribution in [-0.2, 0) is 16.1 Å². The van der Waals surface area contributed by atoms with Gasteiger partial charge in [-0.15, -0.1) is 11.3 Å². The lowest BCUT2D eigenvalue weighted by molar-refractivity contribution is -0.131. The molecule has 0 radical (unpaired) electrons. The van der Waals surface area contributed by atoms with Crippen molar-refractivity contribution in [3.05, 3.63) is 28.0 Å². The number of carboxylic acids is 1. The number of rotatable bonds is 7. The summed E-state index contributed by atoms with van der Waals surface area (Å²) in [6, 6.07) is 1.91. The van der Waals surface area contributed by atoms with Gasteiger partial charge in [-0.25, -0.2) is 4.79 Å². The molecule has 94 valence electrons. The molecule has 0 aromatic carbocycles. The van der Waals surface area contributed by atoms with E-state index in [0.29, 0.717) is 6.61 Å². The van der Waals surface area contributed by atoms with E-state index in [4.69, 9.17) is 9.84 Å². The summed E-state index contributed by atoms with van der Waals surface area (Å²) in [6.45, 7) is 4.74. The topological polar surface area (TPSA) is 46.5 Å². The standard InChI is InChI=1S/C13H18O3S/c1-3-4-10(2)16-9-12-11(7-8-17-12)5-6-13(14)15/h5-8,10H,3-4,9H2,1-2H3,(H,14,15)/b6-5+. The highest BCUT2D eigenvalue weighted by molar-refractivity contribution is 7.10. The third kappa shape index (κ3) is 5.15. The molecule has 0 aliphatic carbocycles. The van der Waals surface area contributed by atoms with Gasteiger partial charge in [0.2, 0.25) is 0 Å². The molecule has 0 spiro atoms. The molecule has 1 rings (SSSR count). The van der Waals surface area contributed by atoms with E-state index < -0.39 is 5.97 Å². The molecule has 1 aromatic rings. The quantitative estimate of drug-likeness (QED) is 0.757. The first-order chi connectivity index (χ1) is 8.13. The Morgan fingerprint density at radius 1 is 1.65 bits per heavy atom. The molecule has 0 saturated heterocycles. The van der Waals surface area contributed by atoms with Gasteiger partial charge in [0.15, 0.2) is 0 Å². The van der Waals surface area contributed by atoms with Crippen LogP contribution in [0.15, 0.2) is 17.5 Å². The molecule has 1 N–H and O–H groups in total. The zero-order valence-electron chi connectivity index (χ0n) is 10.2. The maximum atomic E-state index is 10.4. The minimum atomic E-state index is -0.928. The van der Waals surface area contributed by atoms with E-state index >= 15 is 0 Å². The van der Waals surface area contributed by atoms with Crippen molar-refractivity contribution in [3.63, 3.8) is 0 Å². The summed E-state index contributed by atoms with van der Waals surface area (Å²) in [7, 11) is 0. The Hall–Kier alpha value is -1.13. The third-order valence-corrected chi connectivity index (χ3v) is 3.29. The fourth-order valence-electron chi connectivity index (χ4n) is 1.49. The number of carbonyl (C=O) groups is 1. The maximum absolute atomic E-state index is 10.4. The van der Waals surface area contributed by atoms with Crippen molar-refractivity contribution in [1.82, 2.24) is 0 Å². The molecule has 17 heavy (non-hydrogen) atoms. The van der Waals surface area contributed by atoms with Gasteiger partial charge in [0.25, 0.3) is 0 Å². The molecule has 1 atom stereocenters. The van der Waals surface area contributed by atoms with Gasteiger partial charge in [0.05, 0.1) is 12.7 Å². The average Bonchev–Trinajstić information content (AvgIpc) is 2.71. The van der Waals surface area contributed by atoms with Crippen molar-refractivity contribution < 1.29 is 14.6 Å². The predicted octanol–water partition coefficient (Wildman–Crippen LogP) is 3.55. The Bertz CT molecular complexity index is 382. The lowest BCUT2D eigenvalue weighted by Crippen LogP contribution is -2.07. The lowest BCUT2D eigenvalue weighted by Gasteiger charge is -2.11. The van der Waals surface area contributed by atoms with E-state index in [9.17, 15) is 4.79 Å². The van der Waals surface area contributed by atoms with Crippen LogP contribution in [0.3, 0.4) is 0 Å². The van der Waals surface area contributed by atoms with Crippen molar-refractivity contribution in [2.45, 2.75) is 39.4 Å². The van der Waals surface area contributed by atoms with Crippen LogP contribution < -0.4 is 0 Å². The van der Waals surface area contributed by atoms with Gasteiger partial charge in [-0.05, 0) is 36.4 Å². The minimum absolute atomic E-state index is 0.249. The first-order valence-corrected chi connectivity index (χ1v) is 6.60. The largest absolute Gasteiger partial charge is 0.478 e. The van der Waals surface area contributed by atoms with Gasteiger partial charge in [0, 0.05) is 11.0 Å². The van der Waals surface area contributed by atoms with Crippen LogP contribution in [-0.4, -0.2) is 17.2 Å². The number of carboxylic acid groups (broad SMARTS) is 1. The fraction of sp³-hybridized carbons (Fsp3) is 0.462. The first-order valence-electron chi connectivity index (χ1n) is 5.72. The highest BCUT2D eigenvalue weighted by atomic mass is 32.1. The Morgan fingerprint density at radius 3 is 3.06 bits per heavy atom. The molecule has 0 amide bonds. The van der Waals surface area contributed by atoms with Crippen molar-refractivity contribution in [2.24, 2.45) is 0 Å². The second-order valence-corrected chi connectivity index (χ2v) is 4.88. The Balaban J connectivity index is 2.54. The lowest BCUT2D eigenvalue weighted by atomic mass is 10.2. The zero-order valence-corrected chi connectivity index (χ0v) is 11.0. The molecule has 0 saturated carbocycles. The van der Waals surface area contributed by atoms with Crippen molar-refractivity contribution in [3.8, 4) is 0 Å². The molecular weight excluding hydrogens is 236 g/mol. The molecule has 0 aliphatic heterocycles. The van der Waals surface area contributed by atoms with Gasteiger partial charge < -0.3 is 9.84 Å². The third-order valence-electron chi connectivity index (χ3n) is 2.38. The predicted molar refractivity (Wildman–Crippen MR) is 70.1 cm³/mol. The summed E-state index contributed by atoms with van der Waals surface area (Å²) in [6.07, 6.45) is 5.17. The molecule has 1 heterocycles. The van der Waals surface area contributed by atoms with Crippen LogP contribution >= 0.6 is 11.3 Å². The number of hydrogen-bond donors (Lipinski definition) is 1.